The Balaban J connectivity index is 1.69. The first-order valence-corrected chi connectivity index (χ1v) is 9.81. The number of ether oxygens (including phenoxy) is 2. The molecule has 0 fully saturated rings. The molecule has 5 heteroatoms. The summed E-state index contributed by atoms with van der Waals surface area (Å²) in [6, 6.07) is 14.4. The molecule has 1 aliphatic rings. The third kappa shape index (κ3) is 4.65. The first kappa shape index (κ1) is 20.2. The smallest absolute Gasteiger partial charge is 0.237 e. The first-order chi connectivity index (χ1) is 13.5. The van der Waals surface area contributed by atoms with Crippen molar-refractivity contribution in [1.29, 1.82) is 0 Å². The van der Waals surface area contributed by atoms with Crippen molar-refractivity contribution in [3.8, 4) is 11.5 Å². The summed E-state index contributed by atoms with van der Waals surface area (Å²) in [7, 11) is 3.31. The number of fused-ring (bicyclic) bond motifs is 1. The maximum absolute atomic E-state index is 13.0. The van der Waals surface area contributed by atoms with E-state index in [4.69, 9.17) is 9.47 Å². The van der Waals surface area contributed by atoms with Gasteiger partial charge in [0.2, 0.25) is 5.91 Å². The minimum Gasteiger partial charge on any atom is -0.493 e. The van der Waals surface area contributed by atoms with Crippen molar-refractivity contribution in [1.82, 2.24) is 9.80 Å². The fourth-order valence-corrected chi connectivity index (χ4v) is 3.70. The Labute approximate surface area is 167 Å². The molecule has 0 radical (unpaired) electrons. The zero-order valence-corrected chi connectivity index (χ0v) is 17.3. The molecule has 2 aromatic rings. The van der Waals surface area contributed by atoms with Gasteiger partial charge in [0.15, 0.2) is 11.5 Å². The van der Waals surface area contributed by atoms with E-state index >= 15 is 0 Å². The van der Waals surface area contributed by atoms with Crippen LogP contribution in [0.3, 0.4) is 0 Å². The Morgan fingerprint density at radius 2 is 1.71 bits per heavy atom. The number of carbonyl (C=O) groups excluding carboxylic acids is 1. The lowest BCUT2D eigenvalue weighted by Gasteiger charge is -2.33. The molecule has 0 aromatic heterocycles. The van der Waals surface area contributed by atoms with Crippen LogP contribution in [0.25, 0.3) is 0 Å². The number of hydrogen-bond donors (Lipinski definition) is 0. The third-order valence-corrected chi connectivity index (χ3v) is 5.30. The Morgan fingerprint density at radius 3 is 2.32 bits per heavy atom. The second kappa shape index (κ2) is 9.11. The van der Waals surface area contributed by atoms with E-state index < -0.39 is 0 Å². The molecule has 0 saturated heterocycles. The first-order valence-electron chi connectivity index (χ1n) is 9.81. The SMILES string of the molecule is COc1cc2c(cc1OC)CN(CC(=O)N(Cc1ccccc1)C(C)C)CC2. The van der Waals surface area contributed by atoms with Crippen LogP contribution >= 0.6 is 0 Å². The second-order valence-electron chi connectivity index (χ2n) is 7.54. The van der Waals surface area contributed by atoms with Gasteiger partial charge < -0.3 is 14.4 Å². The summed E-state index contributed by atoms with van der Waals surface area (Å²) in [5, 5.41) is 0. The highest BCUT2D eigenvalue weighted by Crippen LogP contribution is 2.33. The van der Waals surface area contributed by atoms with Gasteiger partial charge in [-0.1, -0.05) is 30.3 Å². The van der Waals surface area contributed by atoms with Gasteiger partial charge in [-0.3, -0.25) is 9.69 Å². The third-order valence-electron chi connectivity index (χ3n) is 5.30. The van der Waals surface area contributed by atoms with Gasteiger partial charge in [0.05, 0.1) is 20.8 Å². The van der Waals surface area contributed by atoms with Gasteiger partial charge in [-0.15, -0.1) is 0 Å². The lowest BCUT2D eigenvalue weighted by Crippen LogP contribution is -2.44. The number of rotatable bonds is 7. The number of carbonyl (C=O) groups is 1. The monoisotopic (exact) mass is 382 g/mol. The van der Waals surface area contributed by atoms with Crippen LogP contribution in [0.4, 0.5) is 0 Å². The van der Waals surface area contributed by atoms with E-state index in [1.54, 1.807) is 14.2 Å². The molecule has 150 valence electrons. The van der Waals surface area contributed by atoms with E-state index in [2.05, 4.69) is 36.9 Å². The number of hydrogen-bond acceptors (Lipinski definition) is 4. The zero-order chi connectivity index (χ0) is 20.1. The molecule has 1 heterocycles. The molecule has 3 rings (SSSR count). The van der Waals surface area contributed by atoms with Gasteiger partial charge >= 0.3 is 0 Å². The van der Waals surface area contributed by atoms with Crippen molar-refractivity contribution >= 4 is 5.91 Å². The summed E-state index contributed by atoms with van der Waals surface area (Å²) in [5.74, 6) is 1.67. The maximum Gasteiger partial charge on any atom is 0.237 e. The molecule has 0 saturated carbocycles. The van der Waals surface area contributed by atoms with E-state index in [1.807, 2.05) is 29.2 Å². The Bertz CT molecular complexity index is 805. The minimum atomic E-state index is 0.161. The molecule has 5 nitrogen and oxygen atoms in total. The summed E-state index contributed by atoms with van der Waals surface area (Å²) < 4.78 is 10.8. The molecular weight excluding hydrogens is 352 g/mol. The molecule has 0 atom stereocenters. The molecule has 1 aliphatic heterocycles. The summed E-state index contributed by atoms with van der Waals surface area (Å²) in [6.45, 7) is 6.84. The maximum atomic E-state index is 13.0. The van der Waals surface area contributed by atoms with E-state index in [0.717, 1.165) is 36.6 Å². The molecule has 28 heavy (non-hydrogen) atoms. The average Bonchev–Trinajstić information content (AvgIpc) is 2.71. The van der Waals surface area contributed by atoms with Crippen LogP contribution in [0.15, 0.2) is 42.5 Å². The average molecular weight is 383 g/mol. The van der Waals surface area contributed by atoms with Crippen molar-refractivity contribution in [2.45, 2.75) is 39.4 Å². The fourth-order valence-electron chi connectivity index (χ4n) is 3.70. The Morgan fingerprint density at radius 1 is 1.07 bits per heavy atom. The van der Waals surface area contributed by atoms with Crippen LogP contribution in [0.5, 0.6) is 11.5 Å². The highest BCUT2D eigenvalue weighted by atomic mass is 16.5. The zero-order valence-electron chi connectivity index (χ0n) is 17.3. The number of benzene rings is 2. The predicted molar refractivity (Wildman–Crippen MR) is 111 cm³/mol. The van der Waals surface area contributed by atoms with E-state index in [-0.39, 0.29) is 11.9 Å². The van der Waals surface area contributed by atoms with Gasteiger partial charge in [0, 0.05) is 25.7 Å². The topological polar surface area (TPSA) is 42.0 Å². The van der Waals surface area contributed by atoms with Crippen molar-refractivity contribution in [2.24, 2.45) is 0 Å². The van der Waals surface area contributed by atoms with Gasteiger partial charge in [0.25, 0.3) is 0 Å². The molecule has 0 N–H and O–H groups in total. The van der Waals surface area contributed by atoms with Crippen molar-refractivity contribution in [3.05, 3.63) is 59.2 Å². The Kier molecular flexibility index (Phi) is 6.57. The molecule has 0 spiro atoms. The largest absolute Gasteiger partial charge is 0.493 e. The van der Waals surface area contributed by atoms with Crippen LogP contribution in [-0.2, 0) is 24.3 Å². The van der Waals surface area contributed by atoms with Crippen molar-refractivity contribution in [2.75, 3.05) is 27.3 Å². The highest BCUT2D eigenvalue weighted by molar-refractivity contribution is 5.78. The van der Waals surface area contributed by atoms with E-state index in [1.165, 1.54) is 11.1 Å². The quantitative estimate of drug-likeness (QED) is 0.735. The second-order valence-corrected chi connectivity index (χ2v) is 7.54. The van der Waals surface area contributed by atoms with Gasteiger partial charge in [-0.2, -0.15) is 0 Å². The summed E-state index contributed by atoms with van der Waals surface area (Å²) >= 11 is 0. The molecule has 1 amide bonds. The van der Waals surface area contributed by atoms with Gasteiger partial charge in [-0.05, 0) is 49.1 Å². The van der Waals surface area contributed by atoms with Gasteiger partial charge in [-0.25, -0.2) is 0 Å². The predicted octanol–water partition coefficient (Wildman–Crippen LogP) is 3.50. The molecule has 0 unspecified atom stereocenters. The van der Waals surface area contributed by atoms with Crippen molar-refractivity contribution < 1.29 is 14.3 Å². The van der Waals surface area contributed by atoms with Crippen LogP contribution in [0.2, 0.25) is 0 Å². The summed E-state index contributed by atoms with van der Waals surface area (Å²) in [6.07, 6.45) is 0.906. The number of amides is 1. The molecule has 0 aliphatic carbocycles. The Hall–Kier alpha value is -2.53. The van der Waals surface area contributed by atoms with Gasteiger partial charge in [0.1, 0.15) is 0 Å². The van der Waals surface area contributed by atoms with Crippen LogP contribution in [0.1, 0.15) is 30.5 Å². The lowest BCUT2D eigenvalue weighted by molar-refractivity contribution is -0.135. The van der Waals surface area contributed by atoms with E-state index in [9.17, 15) is 4.79 Å². The minimum absolute atomic E-state index is 0.161. The molecule has 2 aromatic carbocycles. The van der Waals surface area contributed by atoms with Crippen molar-refractivity contribution in [3.63, 3.8) is 0 Å². The summed E-state index contributed by atoms with van der Waals surface area (Å²) in [5.41, 5.74) is 3.63. The number of nitrogens with zero attached hydrogens (tertiary/aromatic N) is 2. The van der Waals surface area contributed by atoms with E-state index in [0.29, 0.717) is 13.1 Å². The van der Waals surface area contributed by atoms with Crippen LogP contribution < -0.4 is 9.47 Å². The van der Waals surface area contributed by atoms with Crippen LogP contribution in [0, 0.1) is 0 Å². The standard InChI is InChI=1S/C23H30N2O3/c1-17(2)25(14-18-8-6-5-7-9-18)23(26)16-24-11-10-19-12-21(27-3)22(28-4)13-20(19)15-24/h5-9,12-13,17H,10-11,14-16H2,1-4H3. The fraction of sp³-hybridized carbons (Fsp3) is 0.435. The number of methoxy groups -OCH3 is 2. The normalized spacial score (nSPS) is 13.9. The molecular formula is C23H30N2O3. The highest BCUT2D eigenvalue weighted by Gasteiger charge is 2.24. The van der Waals surface area contributed by atoms with Crippen LogP contribution in [-0.4, -0.2) is 49.1 Å². The lowest BCUT2D eigenvalue weighted by atomic mass is 9.98. The molecule has 0 bridgehead atoms. The summed E-state index contributed by atoms with van der Waals surface area (Å²) in [4.78, 5) is 17.2.